The van der Waals surface area contributed by atoms with Crippen LogP contribution in [0.4, 0.5) is 0 Å². The first-order chi connectivity index (χ1) is 7.66. The van der Waals surface area contributed by atoms with Crippen molar-refractivity contribution in [3.63, 3.8) is 0 Å². The fourth-order valence-corrected chi connectivity index (χ4v) is 1.97. The summed E-state index contributed by atoms with van der Waals surface area (Å²) in [7, 11) is 0. The van der Waals surface area contributed by atoms with Gasteiger partial charge in [-0.25, -0.2) is 0 Å². The summed E-state index contributed by atoms with van der Waals surface area (Å²) in [4.78, 5) is 4.26. The fraction of sp³-hybridized carbons (Fsp3) is 0.154. The molecule has 3 heteroatoms. The zero-order chi connectivity index (χ0) is 11.5. The van der Waals surface area contributed by atoms with E-state index in [9.17, 15) is 0 Å². The highest BCUT2D eigenvalue weighted by Crippen LogP contribution is 2.21. The second kappa shape index (κ2) is 4.76. The van der Waals surface area contributed by atoms with Gasteiger partial charge in [0, 0.05) is 16.4 Å². The Morgan fingerprint density at radius 2 is 2.00 bits per heavy atom. The van der Waals surface area contributed by atoms with E-state index in [0.717, 1.165) is 21.3 Å². The van der Waals surface area contributed by atoms with Crippen molar-refractivity contribution < 1.29 is 0 Å². The van der Waals surface area contributed by atoms with Crippen LogP contribution in [0.25, 0.3) is 0 Å². The van der Waals surface area contributed by atoms with Gasteiger partial charge in [-0.1, -0.05) is 34.1 Å². The first kappa shape index (κ1) is 11.3. The first-order valence-electron chi connectivity index (χ1n) is 5.10. The molecule has 0 bridgehead atoms. The Kier molecular flexibility index (Phi) is 3.36. The molecule has 1 aromatic carbocycles. The summed E-state index contributed by atoms with van der Waals surface area (Å²) in [6, 6.07) is 11.9. The van der Waals surface area contributed by atoms with Crippen LogP contribution in [0.1, 0.15) is 22.9 Å². The van der Waals surface area contributed by atoms with Crippen molar-refractivity contribution in [2.45, 2.75) is 13.0 Å². The smallest absolute Gasteiger partial charge is 0.0567 e. The predicted molar refractivity (Wildman–Crippen MR) is 69.1 cm³/mol. The Balaban J connectivity index is 2.31. The third-order valence-electron chi connectivity index (χ3n) is 2.50. The molecule has 1 atom stereocenters. The SMILES string of the molecule is Cc1ccc(C(N)c2cccc(Br)c2)cn1. The Morgan fingerprint density at radius 3 is 2.62 bits per heavy atom. The van der Waals surface area contributed by atoms with E-state index in [0.29, 0.717) is 0 Å². The van der Waals surface area contributed by atoms with E-state index < -0.39 is 0 Å². The van der Waals surface area contributed by atoms with Crippen molar-refractivity contribution in [2.75, 3.05) is 0 Å². The molecule has 0 saturated heterocycles. The van der Waals surface area contributed by atoms with Gasteiger partial charge in [0.1, 0.15) is 0 Å². The van der Waals surface area contributed by atoms with Crippen LogP contribution < -0.4 is 5.73 Å². The molecule has 0 aliphatic rings. The summed E-state index contributed by atoms with van der Waals surface area (Å²) in [5.41, 5.74) is 9.29. The molecule has 2 nitrogen and oxygen atoms in total. The van der Waals surface area contributed by atoms with Gasteiger partial charge in [0.05, 0.1) is 6.04 Å². The Morgan fingerprint density at radius 1 is 1.19 bits per heavy atom. The number of aromatic nitrogens is 1. The molecule has 0 aliphatic carbocycles. The molecule has 1 heterocycles. The second-order valence-electron chi connectivity index (χ2n) is 3.77. The monoisotopic (exact) mass is 276 g/mol. The molecular weight excluding hydrogens is 264 g/mol. The highest BCUT2D eigenvalue weighted by Gasteiger charge is 2.08. The highest BCUT2D eigenvalue weighted by molar-refractivity contribution is 9.10. The van der Waals surface area contributed by atoms with Crippen molar-refractivity contribution in [3.05, 3.63) is 63.9 Å². The molecule has 2 rings (SSSR count). The van der Waals surface area contributed by atoms with Crippen molar-refractivity contribution in [2.24, 2.45) is 5.73 Å². The van der Waals surface area contributed by atoms with Gasteiger partial charge >= 0.3 is 0 Å². The largest absolute Gasteiger partial charge is 0.320 e. The van der Waals surface area contributed by atoms with Crippen LogP contribution in [0.5, 0.6) is 0 Å². The number of pyridine rings is 1. The molecule has 2 aromatic rings. The number of hydrogen-bond acceptors (Lipinski definition) is 2. The van der Waals surface area contributed by atoms with E-state index in [-0.39, 0.29) is 6.04 Å². The molecule has 0 radical (unpaired) electrons. The lowest BCUT2D eigenvalue weighted by molar-refractivity contribution is 0.859. The van der Waals surface area contributed by atoms with E-state index in [4.69, 9.17) is 5.73 Å². The average molecular weight is 277 g/mol. The highest BCUT2D eigenvalue weighted by atomic mass is 79.9. The quantitative estimate of drug-likeness (QED) is 0.915. The molecule has 0 amide bonds. The van der Waals surface area contributed by atoms with Gasteiger partial charge in [0.25, 0.3) is 0 Å². The molecule has 1 aromatic heterocycles. The van der Waals surface area contributed by atoms with E-state index >= 15 is 0 Å². The van der Waals surface area contributed by atoms with Crippen LogP contribution in [0.2, 0.25) is 0 Å². The van der Waals surface area contributed by atoms with Gasteiger partial charge < -0.3 is 5.73 Å². The van der Waals surface area contributed by atoms with Crippen molar-refractivity contribution in [1.29, 1.82) is 0 Å². The molecular formula is C13H13BrN2. The lowest BCUT2D eigenvalue weighted by Gasteiger charge is -2.12. The van der Waals surface area contributed by atoms with Crippen molar-refractivity contribution in [1.82, 2.24) is 4.98 Å². The van der Waals surface area contributed by atoms with Crippen molar-refractivity contribution in [3.8, 4) is 0 Å². The van der Waals surface area contributed by atoms with Gasteiger partial charge in [-0.3, -0.25) is 4.98 Å². The lowest BCUT2D eigenvalue weighted by Crippen LogP contribution is -2.12. The number of rotatable bonds is 2. The summed E-state index contributed by atoms with van der Waals surface area (Å²) < 4.78 is 1.04. The minimum atomic E-state index is -0.120. The number of nitrogens with two attached hydrogens (primary N) is 1. The molecule has 82 valence electrons. The van der Waals surface area contributed by atoms with E-state index in [1.807, 2.05) is 49.5 Å². The normalized spacial score (nSPS) is 12.4. The molecule has 0 spiro atoms. The third kappa shape index (κ3) is 2.49. The number of hydrogen-bond donors (Lipinski definition) is 1. The summed E-state index contributed by atoms with van der Waals surface area (Å²) in [6.45, 7) is 1.97. The molecule has 1 unspecified atom stereocenters. The Bertz CT molecular complexity index is 480. The minimum absolute atomic E-state index is 0.120. The third-order valence-corrected chi connectivity index (χ3v) is 2.99. The van der Waals surface area contributed by atoms with Crippen LogP contribution in [0.15, 0.2) is 47.1 Å². The predicted octanol–water partition coefficient (Wildman–Crippen LogP) is 3.20. The van der Waals surface area contributed by atoms with Crippen LogP contribution >= 0.6 is 15.9 Å². The van der Waals surface area contributed by atoms with Crippen LogP contribution in [-0.2, 0) is 0 Å². The Hall–Kier alpha value is -1.19. The fourth-order valence-electron chi connectivity index (χ4n) is 1.56. The summed E-state index contributed by atoms with van der Waals surface area (Å²) in [5.74, 6) is 0. The molecule has 0 aliphatic heterocycles. The topological polar surface area (TPSA) is 38.9 Å². The molecule has 16 heavy (non-hydrogen) atoms. The van der Waals surface area contributed by atoms with Crippen molar-refractivity contribution >= 4 is 15.9 Å². The van der Waals surface area contributed by atoms with Crippen LogP contribution in [-0.4, -0.2) is 4.98 Å². The number of benzene rings is 1. The lowest BCUT2D eigenvalue weighted by atomic mass is 10.0. The number of halogens is 1. The maximum atomic E-state index is 6.17. The van der Waals surface area contributed by atoms with Gasteiger partial charge in [0.15, 0.2) is 0 Å². The van der Waals surface area contributed by atoms with Crippen LogP contribution in [0, 0.1) is 6.92 Å². The van der Waals surface area contributed by atoms with Gasteiger partial charge in [-0.15, -0.1) is 0 Å². The standard InChI is InChI=1S/C13H13BrN2/c1-9-5-6-11(8-16-9)13(15)10-3-2-4-12(14)7-10/h2-8,13H,15H2,1H3. The van der Waals surface area contributed by atoms with Gasteiger partial charge in [-0.05, 0) is 36.2 Å². The molecule has 2 N–H and O–H groups in total. The number of nitrogens with zero attached hydrogens (tertiary/aromatic N) is 1. The summed E-state index contributed by atoms with van der Waals surface area (Å²) >= 11 is 3.44. The second-order valence-corrected chi connectivity index (χ2v) is 4.68. The molecule has 0 fully saturated rings. The summed E-state index contributed by atoms with van der Waals surface area (Å²) in [6.07, 6.45) is 1.83. The maximum absolute atomic E-state index is 6.17. The average Bonchev–Trinajstić information content (AvgIpc) is 2.29. The maximum Gasteiger partial charge on any atom is 0.0567 e. The first-order valence-corrected chi connectivity index (χ1v) is 5.90. The van der Waals surface area contributed by atoms with Crippen LogP contribution in [0.3, 0.4) is 0 Å². The van der Waals surface area contributed by atoms with Gasteiger partial charge in [-0.2, -0.15) is 0 Å². The summed E-state index contributed by atoms with van der Waals surface area (Å²) in [5, 5.41) is 0. The number of aryl methyl sites for hydroxylation is 1. The molecule has 0 saturated carbocycles. The minimum Gasteiger partial charge on any atom is -0.320 e. The zero-order valence-electron chi connectivity index (χ0n) is 9.02. The zero-order valence-corrected chi connectivity index (χ0v) is 10.6. The van der Waals surface area contributed by atoms with Gasteiger partial charge in [0.2, 0.25) is 0 Å². The van der Waals surface area contributed by atoms with E-state index in [2.05, 4.69) is 20.9 Å². The van der Waals surface area contributed by atoms with E-state index in [1.54, 1.807) is 0 Å². The Labute approximate surface area is 104 Å². The van der Waals surface area contributed by atoms with E-state index in [1.165, 1.54) is 0 Å².